The van der Waals surface area contributed by atoms with Gasteiger partial charge in [0, 0.05) is 12.1 Å². The molecule has 22 heavy (non-hydrogen) atoms. The van der Waals surface area contributed by atoms with Crippen molar-refractivity contribution in [3.8, 4) is 0 Å². The highest BCUT2D eigenvalue weighted by Gasteiger charge is 2.31. The Labute approximate surface area is 134 Å². The molecule has 1 aromatic rings. The van der Waals surface area contributed by atoms with E-state index < -0.39 is 23.2 Å². The van der Waals surface area contributed by atoms with E-state index in [4.69, 9.17) is 5.73 Å². The third-order valence-corrected chi connectivity index (χ3v) is 3.06. The number of nitrogens with one attached hydrogen (secondary N) is 1. The van der Waals surface area contributed by atoms with E-state index in [2.05, 4.69) is 5.32 Å². The smallest absolute Gasteiger partial charge is 0.354 e. The van der Waals surface area contributed by atoms with Crippen LogP contribution in [0.25, 0.3) is 0 Å². The average molecular weight is 339 g/mol. The summed E-state index contributed by atoms with van der Waals surface area (Å²) in [6.45, 7) is 5.55. The SMILES string of the molecule is CCC(C(=O)NCC(C)(C)N)c1cccc(C(F)(F)F)c1.Cl. The third kappa shape index (κ3) is 6.23. The lowest BCUT2D eigenvalue weighted by Gasteiger charge is -2.22. The van der Waals surface area contributed by atoms with Crippen LogP contribution in [0.3, 0.4) is 0 Å². The van der Waals surface area contributed by atoms with Crippen LogP contribution in [0.1, 0.15) is 44.2 Å². The van der Waals surface area contributed by atoms with Crippen LogP contribution >= 0.6 is 12.4 Å². The number of hydrogen-bond acceptors (Lipinski definition) is 2. The van der Waals surface area contributed by atoms with E-state index in [0.29, 0.717) is 12.0 Å². The van der Waals surface area contributed by atoms with Crippen molar-refractivity contribution >= 4 is 18.3 Å². The molecular weight excluding hydrogens is 317 g/mol. The largest absolute Gasteiger partial charge is 0.416 e. The maximum Gasteiger partial charge on any atom is 0.416 e. The molecule has 0 bridgehead atoms. The summed E-state index contributed by atoms with van der Waals surface area (Å²) in [5.74, 6) is -0.926. The molecule has 126 valence electrons. The number of halogens is 4. The molecule has 1 unspecified atom stereocenters. The molecule has 1 amide bonds. The zero-order valence-corrected chi connectivity index (χ0v) is 13.6. The zero-order chi connectivity index (χ0) is 16.3. The summed E-state index contributed by atoms with van der Waals surface area (Å²) < 4.78 is 38.2. The van der Waals surface area contributed by atoms with Gasteiger partial charge in [-0.2, -0.15) is 13.2 Å². The molecule has 1 rings (SSSR count). The Kier molecular flexibility index (Phi) is 7.38. The van der Waals surface area contributed by atoms with E-state index in [-0.39, 0.29) is 24.9 Å². The first-order valence-corrected chi connectivity index (χ1v) is 6.78. The fraction of sp³-hybridized carbons (Fsp3) is 0.533. The van der Waals surface area contributed by atoms with Crippen LogP contribution < -0.4 is 11.1 Å². The molecule has 0 fully saturated rings. The number of rotatable bonds is 5. The fourth-order valence-corrected chi connectivity index (χ4v) is 1.94. The molecule has 0 aliphatic carbocycles. The number of carbonyl (C=O) groups is 1. The summed E-state index contributed by atoms with van der Waals surface area (Å²) in [5.41, 5.74) is 4.83. The number of carbonyl (C=O) groups excluding carboxylic acids is 1. The van der Waals surface area contributed by atoms with Gasteiger partial charge in [0.1, 0.15) is 0 Å². The molecule has 3 N–H and O–H groups in total. The molecule has 0 aliphatic heterocycles. The van der Waals surface area contributed by atoms with Crippen LogP contribution in [-0.4, -0.2) is 18.0 Å². The maximum atomic E-state index is 12.7. The zero-order valence-electron chi connectivity index (χ0n) is 12.8. The number of alkyl halides is 3. The summed E-state index contributed by atoms with van der Waals surface area (Å²) in [6.07, 6.45) is -4.00. The lowest BCUT2D eigenvalue weighted by atomic mass is 9.93. The van der Waals surface area contributed by atoms with Crippen molar-refractivity contribution in [3.05, 3.63) is 35.4 Å². The number of benzene rings is 1. The quantitative estimate of drug-likeness (QED) is 0.863. The monoisotopic (exact) mass is 338 g/mol. The fourth-order valence-electron chi connectivity index (χ4n) is 1.94. The van der Waals surface area contributed by atoms with Gasteiger partial charge < -0.3 is 11.1 Å². The van der Waals surface area contributed by atoms with Crippen LogP contribution in [0.4, 0.5) is 13.2 Å². The van der Waals surface area contributed by atoms with Gasteiger partial charge in [0.25, 0.3) is 0 Å². The van der Waals surface area contributed by atoms with Crippen molar-refractivity contribution in [2.45, 2.75) is 44.8 Å². The average Bonchev–Trinajstić information content (AvgIpc) is 2.36. The summed E-state index contributed by atoms with van der Waals surface area (Å²) in [6, 6.07) is 4.88. The minimum atomic E-state index is -4.41. The van der Waals surface area contributed by atoms with E-state index in [1.165, 1.54) is 12.1 Å². The van der Waals surface area contributed by atoms with E-state index in [9.17, 15) is 18.0 Å². The standard InChI is InChI=1S/C15H21F3N2O.ClH/c1-4-12(13(21)20-9-14(2,3)19)10-6-5-7-11(8-10)15(16,17)18;/h5-8,12H,4,9,19H2,1-3H3,(H,20,21);1H. The number of nitrogens with two attached hydrogens (primary N) is 1. The lowest BCUT2D eigenvalue weighted by molar-refractivity contribution is -0.137. The molecule has 7 heteroatoms. The highest BCUT2D eigenvalue weighted by Crippen LogP contribution is 2.31. The minimum Gasteiger partial charge on any atom is -0.354 e. The van der Waals surface area contributed by atoms with Crippen molar-refractivity contribution in [3.63, 3.8) is 0 Å². The van der Waals surface area contributed by atoms with E-state index in [0.717, 1.165) is 12.1 Å². The van der Waals surface area contributed by atoms with E-state index in [1.54, 1.807) is 20.8 Å². The van der Waals surface area contributed by atoms with Crippen LogP contribution in [0.15, 0.2) is 24.3 Å². The van der Waals surface area contributed by atoms with Crippen LogP contribution in [0.2, 0.25) is 0 Å². The van der Waals surface area contributed by atoms with Gasteiger partial charge in [-0.3, -0.25) is 4.79 Å². The molecule has 0 aliphatic rings. The van der Waals surface area contributed by atoms with Gasteiger partial charge in [-0.05, 0) is 31.9 Å². The molecule has 0 radical (unpaired) electrons. The Morgan fingerprint density at radius 2 is 1.91 bits per heavy atom. The maximum absolute atomic E-state index is 12.7. The van der Waals surface area contributed by atoms with Crippen molar-refractivity contribution in [1.82, 2.24) is 5.32 Å². The third-order valence-electron chi connectivity index (χ3n) is 3.06. The highest BCUT2D eigenvalue weighted by molar-refractivity contribution is 5.85. The van der Waals surface area contributed by atoms with Gasteiger partial charge in [0.15, 0.2) is 0 Å². The Morgan fingerprint density at radius 3 is 2.36 bits per heavy atom. The summed E-state index contributed by atoms with van der Waals surface area (Å²) in [4.78, 5) is 12.1. The lowest BCUT2D eigenvalue weighted by Crippen LogP contribution is -2.46. The van der Waals surface area contributed by atoms with Gasteiger partial charge in [-0.1, -0.05) is 25.1 Å². The molecule has 0 heterocycles. The van der Waals surface area contributed by atoms with Crippen molar-refractivity contribution in [1.29, 1.82) is 0 Å². The summed E-state index contributed by atoms with van der Waals surface area (Å²) >= 11 is 0. The Bertz CT molecular complexity index is 498. The van der Waals surface area contributed by atoms with Crippen molar-refractivity contribution in [2.24, 2.45) is 5.73 Å². The topological polar surface area (TPSA) is 55.1 Å². The molecule has 0 saturated carbocycles. The Balaban J connectivity index is 0.00000441. The van der Waals surface area contributed by atoms with Gasteiger partial charge in [-0.15, -0.1) is 12.4 Å². The Hall–Kier alpha value is -1.27. The number of amides is 1. The van der Waals surface area contributed by atoms with Gasteiger partial charge in [-0.25, -0.2) is 0 Å². The van der Waals surface area contributed by atoms with Crippen LogP contribution in [-0.2, 0) is 11.0 Å². The number of hydrogen-bond donors (Lipinski definition) is 2. The highest BCUT2D eigenvalue weighted by atomic mass is 35.5. The van der Waals surface area contributed by atoms with Crippen molar-refractivity contribution in [2.75, 3.05) is 6.54 Å². The molecule has 0 spiro atoms. The Morgan fingerprint density at radius 1 is 1.32 bits per heavy atom. The van der Waals surface area contributed by atoms with Gasteiger partial charge in [0.05, 0.1) is 11.5 Å². The molecule has 3 nitrogen and oxygen atoms in total. The van der Waals surface area contributed by atoms with E-state index >= 15 is 0 Å². The van der Waals surface area contributed by atoms with Crippen LogP contribution in [0.5, 0.6) is 0 Å². The van der Waals surface area contributed by atoms with Gasteiger partial charge >= 0.3 is 6.18 Å². The first-order valence-electron chi connectivity index (χ1n) is 6.78. The summed E-state index contributed by atoms with van der Waals surface area (Å²) in [5, 5.41) is 2.69. The molecule has 0 saturated heterocycles. The second-order valence-corrected chi connectivity index (χ2v) is 5.79. The summed E-state index contributed by atoms with van der Waals surface area (Å²) in [7, 11) is 0. The second kappa shape index (κ2) is 7.83. The van der Waals surface area contributed by atoms with E-state index in [1.807, 2.05) is 0 Å². The minimum absolute atomic E-state index is 0. The first kappa shape index (κ1) is 20.7. The van der Waals surface area contributed by atoms with Crippen molar-refractivity contribution < 1.29 is 18.0 Å². The van der Waals surface area contributed by atoms with Crippen LogP contribution in [0, 0.1) is 0 Å². The van der Waals surface area contributed by atoms with Gasteiger partial charge in [0.2, 0.25) is 5.91 Å². The predicted octanol–water partition coefficient (Wildman–Crippen LogP) is 3.47. The molecule has 1 aromatic carbocycles. The first-order chi connectivity index (χ1) is 9.54. The molecule has 1 atom stereocenters. The second-order valence-electron chi connectivity index (χ2n) is 5.79. The predicted molar refractivity (Wildman–Crippen MR) is 83.0 cm³/mol. The normalized spacial score (nSPS) is 13.2. The molecular formula is C15H22ClF3N2O. The molecule has 0 aromatic heterocycles.